The van der Waals surface area contributed by atoms with Crippen LogP contribution in [0.2, 0.25) is 0 Å². The molecular weight excluding hydrogens is 300 g/mol. The molecule has 0 radical (unpaired) electrons. The van der Waals surface area contributed by atoms with Crippen LogP contribution in [-0.2, 0) is 19.6 Å². The fraction of sp³-hybridized carbons (Fsp3) is 0.417. The molecule has 0 aliphatic carbocycles. The minimum Gasteiger partial charge on any atom is -0.478 e. The van der Waals surface area contributed by atoms with E-state index in [1.807, 2.05) is 0 Å². The fourth-order valence-corrected chi connectivity index (χ4v) is 2.92. The van der Waals surface area contributed by atoms with Crippen molar-refractivity contribution >= 4 is 22.0 Å². The number of esters is 1. The lowest BCUT2D eigenvalue weighted by molar-refractivity contribution is -0.140. The van der Waals surface area contributed by atoms with Gasteiger partial charge in [-0.2, -0.15) is 4.31 Å². The quantitative estimate of drug-likeness (QED) is 0.722. The minimum absolute atomic E-state index is 0.121. The first-order valence-electron chi connectivity index (χ1n) is 6.09. The van der Waals surface area contributed by atoms with Crippen LogP contribution in [0.3, 0.4) is 0 Å². The summed E-state index contributed by atoms with van der Waals surface area (Å²) < 4.78 is 30.1. The molecule has 1 aromatic rings. The normalized spacial score (nSPS) is 11.4. The summed E-state index contributed by atoms with van der Waals surface area (Å²) in [4.78, 5) is 25.7. The molecular formula is C12H16N2O6S. The molecule has 1 rings (SSSR count). The van der Waals surface area contributed by atoms with Crippen molar-refractivity contribution in [3.63, 3.8) is 0 Å². The summed E-state index contributed by atoms with van der Waals surface area (Å²) >= 11 is 0. The molecule has 21 heavy (non-hydrogen) atoms. The summed E-state index contributed by atoms with van der Waals surface area (Å²) in [7, 11) is -2.82. The standard InChI is InChI=1S/C12H16N2O6S/c1-3-6-14(8-11(15)20-2)21(18,19)10-5-4-9(7-13-10)12(16)17/h4-5,7H,3,6,8H2,1-2H3,(H,16,17). The van der Waals surface area contributed by atoms with Gasteiger partial charge in [-0.1, -0.05) is 6.92 Å². The van der Waals surface area contributed by atoms with Crippen LogP contribution in [0.4, 0.5) is 0 Å². The monoisotopic (exact) mass is 316 g/mol. The molecule has 0 spiro atoms. The highest BCUT2D eigenvalue weighted by molar-refractivity contribution is 7.89. The molecule has 9 heteroatoms. The van der Waals surface area contributed by atoms with E-state index in [0.29, 0.717) is 6.42 Å². The van der Waals surface area contributed by atoms with E-state index in [-0.39, 0.29) is 17.1 Å². The average Bonchev–Trinajstić information content (AvgIpc) is 2.46. The van der Waals surface area contributed by atoms with Gasteiger partial charge in [-0.15, -0.1) is 0 Å². The highest BCUT2D eigenvalue weighted by Gasteiger charge is 2.27. The highest BCUT2D eigenvalue weighted by atomic mass is 32.2. The van der Waals surface area contributed by atoms with Crippen molar-refractivity contribution in [2.75, 3.05) is 20.2 Å². The van der Waals surface area contributed by atoms with E-state index in [1.165, 1.54) is 7.11 Å². The molecule has 0 fully saturated rings. The first kappa shape index (κ1) is 17.1. The first-order valence-corrected chi connectivity index (χ1v) is 7.53. The number of aromatic carboxylic acids is 1. The molecule has 0 aliphatic rings. The summed E-state index contributed by atoms with van der Waals surface area (Å²) in [6.07, 6.45) is 1.46. The van der Waals surface area contributed by atoms with Crippen LogP contribution < -0.4 is 0 Å². The Balaban J connectivity index is 3.09. The summed E-state index contributed by atoms with van der Waals surface area (Å²) in [5, 5.41) is 8.45. The maximum atomic E-state index is 12.4. The molecule has 8 nitrogen and oxygen atoms in total. The second-order valence-corrected chi connectivity index (χ2v) is 5.99. The number of ether oxygens (including phenoxy) is 1. The molecule has 0 amide bonds. The third-order valence-corrected chi connectivity index (χ3v) is 4.36. The summed E-state index contributed by atoms with van der Waals surface area (Å²) in [6.45, 7) is 1.47. The largest absolute Gasteiger partial charge is 0.478 e. The lowest BCUT2D eigenvalue weighted by atomic mass is 10.3. The minimum atomic E-state index is -3.98. The van der Waals surface area contributed by atoms with Gasteiger partial charge in [-0.3, -0.25) is 4.79 Å². The molecule has 116 valence electrons. The number of carbonyl (C=O) groups excluding carboxylic acids is 1. The van der Waals surface area contributed by atoms with Gasteiger partial charge in [-0.25, -0.2) is 18.2 Å². The van der Waals surface area contributed by atoms with Gasteiger partial charge in [0.05, 0.1) is 12.7 Å². The Morgan fingerprint density at radius 1 is 1.38 bits per heavy atom. The summed E-state index contributed by atoms with van der Waals surface area (Å²) in [5.74, 6) is -1.89. The Hall–Kier alpha value is -2.00. The zero-order valence-corrected chi connectivity index (χ0v) is 12.5. The van der Waals surface area contributed by atoms with E-state index in [9.17, 15) is 18.0 Å². The zero-order valence-electron chi connectivity index (χ0n) is 11.6. The number of hydrogen-bond acceptors (Lipinski definition) is 6. The predicted octanol–water partition coefficient (Wildman–Crippen LogP) is 0.353. The van der Waals surface area contributed by atoms with E-state index in [2.05, 4.69) is 9.72 Å². The average molecular weight is 316 g/mol. The lowest BCUT2D eigenvalue weighted by Crippen LogP contribution is -2.37. The van der Waals surface area contributed by atoms with E-state index < -0.39 is 28.5 Å². The van der Waals surface area contributed by atoms with Crippen molar-refractivity contribution in [1.29, 1.82) is 0 Å². The van der Waals surface area contributed by atoms with Crippen molar-refractivity contribution in [3.05, 3.63) is 23.9 Å². The highest BCUT2D eigenvalue weighted by Crippen LogP contribution is 2.14. The van der Waals surface area contributed by atoms with Crippen molar-refractivity contribution in [1.82, 2.24) is 9.29 Å². The SMILES string of the molecule is CCCN(CC(=O)OC)S(=O)(=O)c1ccc(C(=O)O)cn1. The van der Waals surface area contributed by atoms with Crippen LogP contribution in [0, 0.1) is 0 Å². The van der Waals surface area contributed by atoms with Crippen LogP contribution in [-0.4, -0.2) is 55.0 Å². The number of pyridine rings is 1. The molecule has 0 bridgehead atoms. The number of hydrogen-bond donors (Lipinski definition) is 1. The van der Waals surface area contributed by atoms with Gasteiger partial charge in [0.1, 0.15) is 6.54 Å². The molecule has 0 saturated carbocycles. The van der Waals surface area contributed by atoms with E-state index in [0.717, 1.165) is 22.6 Å². The van der Waals surface area contributed by atoms with Crippen LogP contribution in [0.5, 0.6) is 0 Å². The Bertz CT molecular complexity index is 611. The molecule has 0 aromatic carbocycles. The third kappa shape index (κ3) is 4.23. The lowest BCUT2D eigenvalue weighted by Gasteiger charge is -2.19. The topological polar surface area (TPSA) is 114 Å². The summed E-state index contributed by atoms with van der Waals surface area (Å²) in [5.41, 5.74) is -0.121. The molecule has 0 saturated heterocycles. The van der Waals surface area contributed by atoms with Crippen molar-refractivity contribution < 1.29 is 27.9 Å². The number of sulfonamides is 1. The number of methoxy groups -OCH3 is 1. The number of carboxylic acids is 1. The van der Waals surface area contributed by atoms with Gasteiger partial charge in [0.25, 0.3) is 10.0 Å². The van der Waals surface area contributed by atoms with Crippen LogP contribution in [0.1, 0.15) is 23.7 Å². The molecule has 0 atom stereocenters. The van der Waals surface area contributed by atoms with Gasteiger partial charge < -0.3 is 9.84 Å². The van der Waals surface area contributed by atoms with Crippen molar-refractivity contribution in [2.45, 2.75) is 18.4 Å². The van der Waals surface area contributed by atoms with Crippen LogP contribution >= 0.6 is 0 Å². The molecule has 1 aromatic heterocycles. The number of rotatable bonds is 7. The fourth-order valence-electron chi connectivity index (χ4n) is 1.53. The Morgan fingerprint density at radius 2 is 2.05 bits per heavy atom. The van der Waals surface area contributed by atoms with E-state index in [4.69, 9.17) is 5.11 Å². The zero-order chi connectivity index (χ0) is 16.0. The van der Waals surface area contributed by atoms with Gasteiger partial charge in [0, 0.05) is 12.7 Å². The Labute approximate surface area is 122 Å². The molecule has 1 N–H and O–H groups in total. The predicted molar refractivity (Wildman–Crippen MR) is 72.3 cm³/mol. The van der Waals surface area contributed by atoms with E-state index in [1.54, 1.807) is 6.92 Å². The van der Waals surface area contributed by atoms with Crippen molar-refractivity contribution in [2.24, 2.45) is 0 Å². The number of carboxylic acid groups (broad SMARTS) is 1. The molecule has 0 aliphatic heterocycles. The Kier molecular flexibility index (Phi) is 5.79. The van der Waals surface area contributed by atoms with Gasteiger partial charge >= 0.3 is 11.9 Å². The van der Waals surface area contributed by atoms with Crippen molar-refractivity contribution in [3.8, 4) is 0 Å². The van der Waals surface area contributed by atoms with E-state index >= 15 is 0 Å². The number of carbonyl (C=O) groups is 2. The Morgan fingerprint density at radius 3 is 2.48 bits per heavy atom. The molecule has 1 heterocycles. The molecule has 0 unspecified atom stereocenters. The van der Waals surface area contributed by atoms with Gasteiger partial charge in [-0.05, 0) is 18.6 Å². The second kappa shape index (κ2) is 7.14. The first-order chi connectivity index (χ1) is 9.82. The smallest absolute Gasteiger partial charge is 0.337 e. The maximum absolute atomic E-state index is 12.4. The van der Waals surface area contributed by atoms with Crippen LogP contribution in [0.25, 0.3) is 0 Å². The third-order valence-electron chi connectivity index (χ3n) is 2.59. The van der Waals surface area contributed by atoms with Gasteiger partial charge in [0.15, 0.2) is 5.03 Å². The van der Waals surface area contributed by atoms with Gasteiger partial charge in [0.2, 0.25) is 0 Å². The van der Waals surface area contributed by atoms with Crippen LogP contribution in [0.15, 0.2) is 23.4 Å². The second-order valence-electron chi connectivity index (χ2n) is 4.10. The number of nitrogens with zero attached hydrogens (tertiary/aromatic N) is 2. The number of aromatic nitrogens is 1. The summed E-state index contributed by atoms with van der Waals surface area (Å²) in [6, 6.07) is 2.24. The maximum Gasteiger partial charge on any atom is 0.337 e.